The Morgan fingerprint density at radius 3 is 2.53 bits per heavy atom. The largest absolute Gasteiger partial charge is 0.313 e. The summed E-state index contributed by atoms with van der Waals surface area (Å²) in [5.74, 6) is 0. The second-order valence-corrected chi connectivity index (χ2v) is 7.30. The average Bonchev–Trinajstić information content (AvgIpc) is 2.63. The van der Waals surface area contributed by atoms with Gasteiger partial charge in [-0.05, 0) is 18.6 Å². The van der Waals surface area contributed by atoms with Crippen LogP contribution < -0.4 is 5.32 Å². The second kappa shape index (κ2) is 5.67. The Morgan fingerprint density at radius 2 is 2.12 bits per heavy atom. The summed E-state index contributed by atoms with van der Waals surface area (Å²) >= 11 is 1.37. The molecule has 0 amide bonds. The van der Waals surface area contributed by atoms with Gasteiger partial charge < -0.3 is 5.32 Å². The van der Waals surface area contributed by atoms with E-state index in [0.29, 0.717) is 4.21 Å². The normalized spacial score (nSPS) is 16.6. The van der Waals surface area contributed by atoms with Crippen LogP contribution in [0.15, 0.2) is 16.3 Å². The first kappa shape index (κ1) is 14.9. The lowest BCUT2D eigenvalue weighted by atomic mass is 10.2. The molecule has 4 nitrogen and oxygen atoms in total. The quantitative estimate of drug-likeness (QED) is 0.912. The number of hydrogen-bond donors (Lipinski definition) is 1. The Hall–Kier alpha value is -0.140. The van der Waals surface area contributed by atoms with Gasteiger partial charge in [0.15, 0.2) is 0 Å². The Balaban J connectivity index is 0.00000144. The van der Waals surface area contributed by atoms with Crippen LogP contribution in [0, 0.1) is 0 Å². The molecule has 0 bridgehead atoms. The monoisotopic (exact) mass is 296 g/mol. The molecule has 1 saturated heterocycles. The van der Waals surface area contributed by atoms with E-state index in [1.807, 2.05) is 13.0 Å². The number of sulfonamides is 1. The Morgan fingerprint density at radius 1 is 1.47 bits per heavy atom. The molecule has 0 saturated carbocycles. The van der Waals surface area contributed by atoms with E-state index in [-0.39, 0.29) is 18.4 Å². The summed E-state index contributed by atoms with van der Waals surface area (Å²) in [5, 5.41) is 3.08. The molecule has 1 aliphatic rings. The van der Waals surface area contributed by atoms with E-state index >= 15 is 0 Å². The van der Waals surface area contributed by atoms with Gasteiger partial charge in [0.2, 0.25) is 0 Å². The molecule has 0 spiro atoms. The molecule has 0 aromatic carbocycles. The lowest BCUT2D eigenvalue weighted by molar-refractivity contribution is 0.274. The van der Waals surface area contributed by atoms with Crippen molar-refractivity contribution in [3.05, 3.63) is 17.0 Å². The van der Waals surface area contributed by atoms with Crippen LogP contribution in [0.25, 0.3) is 0 Å². The van der Waals surface area contributed by atoms with E-state index in [1.54, 1.807) is 13.1 Å². The zero-order valence-electron chi connectivity index (χ0n) is 9.84. The van der Waals surface area contributed by atoms with Crippen molar-refractivity contribution in [2.45, 2.75) is 23.6 Å². The molecule has 1 aliphatic heterocycles. The molecule has 0 aliphatic carbocycles. The number of hydrogen-bond acceptors (Lipinski definition) is 4. The fourth-order valence-electron chi connectivity index (χ4n) is 1.56. The van der Waals surface area contributed by atoms with Gasteiger partial charge in [0.25, 0.3) is 10.0 Å². The molecular formula is C10H17ClN2O2S2. The van der Waals surface area contributed by atoms with Crippen LogP contribution >= 0.6 is 23.7 Å². The van der Waals surface area contributed by atoms with Crippen molar-refractivity contribution in [3.63, 3.8) is 0 Å². The summed E-state index contributed by atoms with van der Waals surface area (Å²) in [5.41, 5.74) is 0. The van der Waals surface area contributed by atoms with Gasteiger partial charge >= 0.3 is 0 Å². The molecule has 2 rings (SSSR count). The highest BCUT2D eigenvalue weighted by atomic mass is 35.5. The molecule has 1 N–H and O–H groups in total. The van der Waals surface area contributed by atoms with Crippen molar-refractivity contribution in [1.29, 1.82) is 0 Å². The molecular weight excluding hydrogens is 280 g/mol. The highest BCUT2D eigenvalue weighted by Gasteiger charge is 2.32. The third kappa shape index (κ3) is 2.82. The van der Waals surface area contributed by atoms with Gasteiger partial charge in [0.05, 0.1) is 0 Å². The van der Waals surface area contributed by atoms with Gasteiger partial charge in [-0.3, -0.25) is 0 Å². The van der Waals surface area contributed by atoms with Gasteiger partial charge in [-0.25, -0.2) is 8.42 Å². The Bertz CT molecular complexity index is 468. The van der Waals surface area contributed by atoms with Crippen molar-refractivity contribution >= 4 is 33.8 Å². The first-order valence-electron chi connectivity index (χ1n) is 5.33. The van der Waals surface area contributed by atoms with E-state index in [1.165, 1.54) is 15.6 Å². The van der Waals surface area contributed by atoms with E-state index in [2.05, 4.69) is 5.32 Å². The molecule has 0 unspecified atom stereocenters. The standard InChI is InChI=1S/C10H16N2O2S2.ClH/c1-3-9-4-5-10(15-9)16(13,14)12(2)8-6-11-7-8;/h4-5,8,11H,3,6-7H2,1-2H3;1H. The Kier molecular flexibility index (Phi) is 4.97. The predicted molar refractivity (Wildman–Crippen MR) is 72.6 cm³/mol. The number of likely N-dealkylation sites (N-methyl/N-ethyl adjacent to an activating group) is 1. The average molecular weight is 297 g/mol. The number of thiophene rings is 1. The summed E-state index contributed by atoms with van der Waals surface area (Å²) < 4.78 is 26.3. The predicted octanol–water partition coefficient (Wildman–Crippen LogP) is 1.32. The van der Waals surface area contributed by atoms with Crippen LogP contribution in [0.2, 0.25) is 0 Å². The van der Waals surface area contributed by atoms with Crippen molar-refractivity contribution in [2.24, 2.45) is 0 Å². The van der Waals surface area contributed by atoms with Crippen LogP contribution in [-0.4, -0.2) is 38.9 Å². The third-order valence-corrected chi connectivity index (χ3v) is 6.50. The maximum absolute atomic E-state index is 12.2. The van der Waals surface area contributed by atoms with Crippen molar-refractivity contribution < 1.29 is 8.42 Å². The molecule has 0 atom stereocenters. The zero-order valence-corrected chi connectivity index (χ0v) is 12.3. The first-order chi connectivity index (χ1) is 7.55. The van der Waals surface area contributed by atoms with Gasteiger partial charge in [-0.15, -0.1) is 23.7 Å². The Labute approximate surface area is 112 Å². The summed E-state index contributed by atoms with van der Waals surface area (Å²) in [6, 6.07) is 3.71. The fourth-order valence-corrected chi connectivity index (χ4v) is 4.39. The van der Waals surface area contributed by atoms with E-state index < -0.39 is 10.0 Å². The molecule has 7 heteroatoms. The van der Waals surface area contributed by atoms with E-state index in [0.717, 1.165) is 24.4 Å². The van der Waals surface area contributed by atoms with Crippen molar-refractivity contribution in [3.8, 4) is 0 Å². The summed E-state index contributed by atoms with van der Waals surface area (Å²) in [6.45, 7) is 3.53. The lowest BCUT2D eigenvalue weighted by Crippen LogP contribution is -2.57. The van der Waals surface area contributed by atoms with Gasteiger partial charge in [0, 0.05) is 31.1 Å². The first-order valence-corrected chi connectivity index (χ1v) is 7.59. The van der Waals surface area contributed by atoms with Crippen LogP contribution in [0.1, 0.15) is 11.8 Å². The van der Waals surface area contributed by atoms with Crippen LogP contribution in [0.4, 0.5) is 0 Å². The zero-order chi connectivity index (χ0) is 11.8. The van der Waals surface area contributed by atoms with Gasteiger partial charge in [0.1, 0.15) is 4.21 Å². The van der Waals surface area contributed by atoms with Gasteiger partial charge in [-0.1, -0.05) is 6.92 Å². The minimum atomic E-state index is -3.28. The molecule has 2 heterocycles. The molecule has 98 valence electrons. The molecule has 17 heavy (non-hydrogen) atoms. The SMILES string of the molecule is CCc1ccc(S(=O)(=O)N(C)C2CNC2)s1.Cl. The summed E-state index contributed by atoms with van der Waals surface area (Å²) in [6.07, 6.45) is 0.884. The number of nitrogens with zero attached hydrogens (tertiary/aromatic N) is 1. The van der Waals surface area contributed by atoms with Crippen molar-refractivity contribution in [1.82, 2.24) is 9.62 Å². The summed E-state index contributed by atoms with van der Waals surface area (Å²) in [7, 11) is -1.62. The molecule has 0 radical (unpaired) electrons. The molecule has 1 aromatic heterocycles. The second-order valence-electron chi connectivity index (χ2n) is 3.91. The van der Waals surface area contributed by atoms with E-state index in [4.69, 9.17) is 0 Å². The maximum atomic E-state index is 12.2. The summed E-state index contributed by atoms with van der Waals surface area (Å²) in [4.78, 5) is 1.11. The highest BCUT2D eigenvalue weighted by Crippen LogP contribution is 2.26. The number of nitrogens with one attached hydrogen (secondary N) is 1. The third-order valence-electron chi connectivity index (χ3n) is 2.89. The van der Waals surface area contributed by atoms with Crippen molar-refractivity contribution in [2.75, 3.05) is 20.1 Å². The maximum Gasteiger partial charge on any atom is 0.252 e. The number of rotatable bonds is 4. The number of aryl methyl sites for hydroxylation is 1. The smallest absolute Gasteiger partial charge is 0.252 e. The number of halogens is 1. The van der Waals surface area contributed by atoms with Crippen LogP contribution in [0.3, 0.4) is 0 Å². The topological polar surface area (TPSA) is 49.4 Å². The minimum absolute atomic E-state index is 0. The minimum Gasteiger partial charge on any atom is -0.313 e. The fraction of sp³-hybridized carbons (Fsp3) is 0.600. The molecule has 1 fully saturated rings. The highest BCUT2D eigenvalue weighted by molar-refractivity contribution is 7.91. The van der Waals surface area contributed by atoms with Crippen LogP contribution in [0.5, 0.6) is 0 Å². The van der Waals surface area contributed by atoms with E-state index in [9.17, 15) is 8.42 Å². The van der Waals surface area contributed by atoms with Crippen LogP contribution in [-0.2, 0) is 16.4 Å². The lowest BCUT2D eigenvalue weighted by Gasteiger charge is -2.34. The molecule has 1 aromatic rings. The van der Waals surface area contributed by atoms with Gasteiger partial charge in [-0.2, -0.15) is 4.31 Å².